The number of rotatable bonds is 4. The van der Waals surface area contributed by atoms with Gasteiger partial charge in [-0.1, -0.05) is 31.0 Å². The van der Waals surface area contributed by atoms with Gasteiger partial charge in [0.25, 0.3) is 0 Å². The van der Waals surface area contributed by atoms with Crippen molar-refractivity contribution in [2.75, 3.05) is 26.2 Å². The molecule has 1 N–H and O–H groups in total. The second-order valence-electron chi connectivity index (χ2n) is 5.29. The van der Waals surface area contributed by atoms with E-state index in [1.54, 1.807) is 6.07 Å². The van der Waals surface area contributed by atoms with Crippen molar-refractivity contribution in [1.29, 1.82) is 0 Å². The van der Waals surface area contributed by atoms with Crippen molar-refractivity contribution in [3.8, 4) is 0 Å². The lowest BCUT2D eigenvalue weighted by Gasteiger charge is -2.36. The first-order valence-electron chi connectivity index (χ1n) is 7.25. The summed E-state index contributed by atoms with van der Waals surface area (Å²) in [5, 5.41) is 3.44. The molecule has 6 heteroatoms. The molecular formula is C15H20ClF3N2. The maximum absolute atomic E-state index is 13.3. The van der Waals surface area contributed by atoms with Gasteiger partial charge in [-0.15, -0.1) is 0 Å². The summed E-state index contributed by atoms with van der Waals surface area (Å²) in [4.78, 5) is 2.11. The predicted molar refractivity (Wildman–Crippen MR) is 78.5 cm³/mol. The molecule has 1 aliphatic heterocycles. The Morgan fingerprint density at radius 1 is 1.29 bits per heavy atom. The van der Waals surface area contributed by atoms with Crippen molar-refractivity contribution in [2.24, 2.45) is 0 Å². The molecule has 1 aromatic rings. The summed E-state index contributed by atoms with van der Waals surface area (Å²) in [6.45, 7) is 5.07. The van der Waals surface area contributed by atoms with Crippen LogP contribution in [-0.4, -0.2) is 31.1 Å². The van der Waals surface area contributed by atoms with E-state index in [2.05, 4.69) is 10.2 Å². The molecule has 1 heterocycles. The molecule has 1 fully saturated rings. The van der Waals surface area contributed by atoms with E-state index in [0.717, 1.165) is 38.7 Å². The summed E-state index contributed by atoms with van der Waals surface area (Å²) < 4.78 is 39.9. The second-order valence-corrected chi connectivity index (χ2v) is 5.70. The molecule has 1 aromatic carbocycles. The zero-order chi connectivity index (χ0) is 15.5. The molecule has 118 valence electrons. The first-order chi connectivity index (χ1) is 9.95. The van der Waals surface area contributed by atoms with Gasteiger partial charge in [0.1, 0.15) is 0 Å². The Balaban J connectivity index is 2.43. The molecule has 2 rings (SSSR count). The first kappa shape index (κ1) is 16.6. The van der Waals surface area contributed by atoms with E-state index in [9.17, 15) is 13.2 Å². The normalized spacial score (nSPS) is 18.7. The molecule has 0 amide bonds. The lowest BCUT2D eigenvalue weighted by Crippen LogP contribution is -2.45. The molecule has 0 radical (unpaired) electrons. The SMILES string of the molecule is CCC[C@@H](c1c(Cl)cccc1C(F)(F)F)N1CCNCC1. The number of piperazine rings is 1. The molecule has 1 atom stereocenters. The first-order valence-corrected chi connectivity index (χ1v) is 7.63. The minimum absolute atomic E-state index is 0.210. The highest BCUT2D eigenvalue weighted by Crippen LogP contribution is 2.41. The van der Waals surface area contributed by atoms with Crippen molar-refractivity contribution in [3.05, 3.63) is 34.3 Å². The van der Waals surface area contributed by atoms with Gasteiger partial charge in [-0.25, -0.2) is 0 Å². The summed E-state index contributed by atoms with van der Waals surface area (Å²) in [5.41, 5.74) is -0.373. The van der Waals surface area contributed by atoms with Gasteiger partial charge in [0.05, 0.1) is 5.56 Å². The summed E-state index contributed by atoms with van der Waals surface area (Å²) in [5.74, 6) is 0. The van der Waals surface area contributed by atoms with Gasteiger partial charge in [-0.2, -0.15) is 13.2 Å². The van der Waals surface area contributed by atoms with E-state index in [1.165, 1.54) is 6.07 Å². The smallest absolute Gasteiger partial charge is 0.314 e. The maximum Gasteiger partial charge on any atom is 0.416 e. The average Bonchev–Trinajstić information content (AvgIpc) is 2.45. The maximum atomic E-state index is 13.3. The highest BCUT2D eigenvalue weighted by molar-refractivity contribution is 6.31. The number of nitrogens with one attached hydrogen (secondary N) is 1. The third kappa shape index (κ3) is 3.90. The third-order valence-electron chi connectivity index (χ3n) is 3.85. The number of hydrogen-bond acceptors (Lipinski definition) is 2. The van der Waals surface area contributed by atoms with Gasteiger partial charge in [-0.05, 0) is 18.6 Å². The zero-order valence-electron chi connectivity index (χ0n) is 12.0. The number of benzene rings is 1. The number of halogens is 4. The van der Waals surface area contributed by atoms with Gasteiger partial charge in [0.15, 0.2) is 0 Å². The Morgan fingerprint density at radius 3 is 2.52 bits per heavy atom. The van der Waals surface area contributed by atoms with E-state index >= 15 is 0 Å². The number of nitrogens with zero attached hydrogens (tertiary/aromatic N) is 1. The standard InChI is InChI=1S/C15H20ClF3N2/c1-2-4-13(21-9-7-20-8-10-21)14-11(15(17,18)19)5-3-6-12(14)16/h3,5-6,13,20H,2,4,7-10H2,1H3/t13-/m0/s1. The Kier molecular flexibility index (Phi) is 5.52. The summed E-state index contributed by atoms with van der Waals surface area (Å²) >= 11 is 6.14. The van der Waals surface area contributed by atoms with Crippen LogP contribution in [0.1, 0.15) is 36.9 Å². The van der Waals surface area contributed by atoms with E-state index < -0.39 is 11.7 Å². The van der Waals surface area contributed by atoms with Crippen LogP contribution in [0.2, 0.25) is 5.02 Å². The van der Waals surface area contributed by atoms with E-state index in [-0.39, 0.29) is 16.6 Å². The van der Waals surface area contributed by atoms with E-state index in [1.807, 2.05) is 6.92 Å². The Labute approximate surface area is 128 Å². The van der Waals surface area contributed by atoms with E-state index in [4.69, 9.17) is 11.6 Å². The quantitative estimate of drug-likeness (QED) is 0.898. The minimum Gasteiger partial charge on any atom is -0.314 e. The molecule has 21 heavy (non-hydrogen) atoms. The molecule has 0 saturated carbocycles. The van der Waals surface area contributed by atoms with Crippen molar-refractivity contribution >= 4 is 11.6 Å². The predicted octanol–water partition coefficient (Wildman–Crippen LogP) is 4.11. The highest BCUT2D eigenvalue weighted by Gasteiger charge is 2.37. The molecule has 0 bridgehead atoms. The Morgan fingerprint density at radius 2 is 1.95 bits per heavy atom. The van der Waals surface area contributed by atoms with Gasteiger partial charge < -0.3 is 5.32 Å². The molecule has 0 aromatic heterocycles. The lowest BCUT2D eigenvalue weighted by molar-refractivity contribution is -0.138. The monoisotopic (exact) mass is 320 g/mol. The van der Waals surface area contributed by atoms with Crippen LogP contribution < -0.4 is 5.32 Å². The highest BCUT2D eigenvalue weighted by atomic mass is 35.5. The summed E-state index contributed by atoms with van der Waals surface area (Å²) in [6.07, 6.45) is -2.88. The Bertz CT molecular complexity index is 470. The van der Waals surface area contributed by atoms with Gasteiger partial charge in [-0.3, -0.25) is 4.90 Å². The van der Waals surface area contributed by atoms with Crippen LogP contribution >= 0.6 is 11.6 Å². The van der Waals surface area contributed by atoms with Crippen molar-refractivity contribution in [3.63, 3.8) is 0 Å². The largest absolute Gasteiger partial charge is 0.416 e. The second kappa shape index (κ2) is 6.99. The third-order valence-corrected chi connectivity index (χ3v) is 4.18. The van der Waals surface area contributed by atoms with Crippen LogP contribution in [-0.2, 0) is 6.18 Å². The van der Waals surface area contributed by atoms with Crippen LogP contribution in [0.5, 0.6) is 0 Å². The molecule has 0 spiro atoms. The minimum atomic E-state index is -4.37. The van der Waals surface area contributed by atoms with E-state index in [0.29, 0.717) is 6.42 Å². The van der Waals surface area contributed by atoms with Crippen molar-refractivity contribution in [2.45, 2.75) is 32.0 Å². The van der Waals surface area contributed by atoms with Crippen LogP contribution in [0, 0.1) is 0 Å². The zero-order valence-corrected chi connectivity index (χ0v) is 12.8. The molecule has 0 aliphatic carbocycles. The lowest BCUT2D eigenvalue weighted by atomic mass is 9.94. The fourth-order valence-corrected chi connectivity index (χ4v) is 3.20. The van der Waals surface area contributed by atoms with Crippen LogP contribution in [0.15, 0.2) is 18.2 Å². The van der Waals surface area contributed by atoms with Gasteiger partial charge in [0.2, 0.25) is 0 Å². The van der Waals surface area contributed by atoms with Crippen LogP contribution in [0.25, 0.3) is 0 Å². The Hall–Kier alpha value is -0.780. The average molecular weight is 321 g/mol. The molecule has 1 aliphatic rings. The fraction of sp³-hybridized carbons (Fsp3) is 0.600. The molecule has 2 nitrogen and oxygen atoms in total. The molecule has 0 unspecified atom stereocenters. The number of hydrogen-bond donors (Lipinski definition) is 1. The van der Waals surface area contributed by atoms with Gasteiger partial charge in [0, 0.05) is 42.8 Å². The topological polar surface area (TPSA) is 15.3 Å². The fourth-order valence-electron chi connectivity index (χ4n) is 2.90. The summed E-state index contributed by atoms with van der Waals surface area (Å²) in [7, 11) is 0. The van der Waals surface area contributed by atoms with Crippen molar-refractivity contribution in [1.82, 2.24) is 10.2 Å². The van der Waals surface area contributed by atoms with Crippen LogP contribution in [0.4, 0.5) is 13.2 Å². The number of alkyl halides is 3. The summed E-state index contributed by atoms with van der Waals surface area (Å²) in [6, 6.07) is 3.78. The molecular weight excluding hydrogens is 301 g/mol. The van der Waals surface area contributed by atoms with Gasteiger partial charge >= 0.3 is 6.18 Å². The van der Waals surface area contributed by atoms with Crippen LogP contribution in [0.3, 0.4) is 0 Å². The van der Waals surface area contributed by atoms with Crippen molar-refractivity contribution < 1.29 is 13.2 Å². The molecule has 1 saturated heterocycles.